The van der Waals surface area contributed by atoms with E-state index in [4.69, 9.17) is 34.2 Å². The van der Waals surface area contributed by atoms with Crippen LogP contribution in [0.1, 0.15) is 11.8 Å². The Morgan fingerprint density at radius 1 is 1.36 bits per heavy atom. The number of hydrogen-bond donors (Lipinski definition) is 5. The number of aromatic nitrogens is 3. The summed E-state index contributed by atoms with van der Waals surface area (Å²) in [4.78, 5) is 8.19. The van der Waals surface area contributed by atoms with Gasteiger partial charge in [0.25, 0.3) is 0 Å². The minimum absolute atomic E-state index is 0.0766. The van der Waals surface area contributed by atoms with Crippen molar-refractivity contribution in [3.05, 3.63) is 18.1 Å². The standard InChI is InChI=1S/C12H16N6O3S/c13-1-5-7(19)8(20)12(21-5)18-2-4(10(15)22)6-9(14)16-3-17-11(6)18/h2-3,5,7-8,12,19-20H,1,13H2,(H2,15,22)(H2,14,16,17)/t5-,7-,8-,12-/m1/s1. The van der Waals surface area contributed by atoms with Gasteiger partial charge in [-0.25, -0.2) is 9.97 Å². The summed E-state index contributed by atoms with van der Waals surface area (Å²) in [5, 5.41) is 20.6. The fourth-order valence-corrected chi connectivity index (χ4v) is 2.80. The zero-order chi connectivity index (χ0) is 16.0. The number of anilines is 1. The first-order valence-corrected chi connectivity index (χ1v) is 6.99. The molecular weight excluding hydrogens is 308 g/mol. The first-order chi connectivity index (χ1) is 10.5. The number of nitrogens with two attached hydrogens (primary N) is 3. The highest BCUT2D eigenvalue weighted by molar-refractivity contribution is 7.80. The lowest BCUT2D eigenvalue weighted by molar-refractivity contribution is -0.0318. The van der Waals surface area contributed by atoms with Crippen LogP contribution >= 0.6 is 12.2 Å². The van der Waals surface area contributed by atoms with Crippen LogP contribution in [0, 0.1) is 0 Å². The van der Waals surface area contributed by atoms with Crippen molar-refractivity contribution < 1.29 is 14.9 Å². The van der Waals surface area contributed by atoms with Gasteiger partial charge in [-0.05, 0) is 0 Å². The number of hydrogen-bond acceptors (Lipinski definition) is 8. The highest BCUT2D eigenvalue weighted by atomic mass is 32.1. The van der Waals surface area contributed by atoms with Crippen LogP contribution in [-0.4, -0.2) is 54.6 Å². The molecule has 0 saturated carbocycles. The third kappa shape index (κ3) is 2.12. The van der Waals surface area contributed by atoms with E-state index in [9.17, 15) is 10.2 Å². The lowest BCUT2D eigenvalue weighted by atomic mass is 10.1. The highest BCUT2D eigenvalue weighted by Crippen LogP contribution is 2.34. The molecule has 10 heteroatoms. The number of aliphatic hydroxyl groups excluding tert-OH is 2. The molecule has 3 heterocycles. The number of ether oxygens (including phenoxy) is 1. The Bertz CT molecular complexity index is 735. The van der Waals surface area contributed by atoms with E-state index in [2.05, 4.69) is 9.97 Å². The molecule has 0 spiro atoms. The van der Waals surface area contributed by atoms with Gasteiger partial charge < -0.3 is 36.7 Å². The molecule has 118 valence electrons. The molecule has 9 nitrogen and oxygen atoms in total. The lowest BCUT2D eigenvalue weighted by Gasteiger charge is -2.17. The van der Waals surface area contributed by atoms with E-state index in [1.807, 2.05) is 0 Å². The first kappa shape index (κ1) is 15.1. The summed E-state index contributed by atoms with van der Waals surface area (Å²) < 4.78 is 7.15. The van der Waals surface area contributed by atoms with Crippen LogP contribution in [0.25, 0.3) is 11.0 Å². The molecule has 0 aromatic carbocycles. The van der Waals surface area contributed by atoms with Crippen molar-refractivity contribution >= 4 is 34.1 Å². The molecular formula is C12H16N6O3S. The number of nitrogen functional groups attached to an aromatic ring is 1. The van der Waals surface area contributed by atoms with Crippen LogP contribution in [-0.2, 0) is 4.74 Å². The van der Waals surface area contributed by atoms with Crippen LogP contribution in [0.5, 0.6) is 0 Å². The minimum Gasteiger partial charge on any atom is -0.389 e. The molecule has 0 radical (unpaired) electrons. The Labute approximate surface area is 130 Å². The van der Waals surface area contributed by atoms with E-state index >= 15 is 0 Å². The monoisotopic (exact) mass is 324 g/mol. The summed E-state index contributed by atoms with van der Waals surface area (Å²) in [6.07, 6.45) is -0.944. The third-order valence-electron chi connectivity index (χ3n) is 3.75. The van der Waals surface area contributed by atoms with E-state index < -0.39 is 24.5 Å². The van der Waals surface area contributed by atoms with E-state index in [1.165, 1.54) is 10.9 Å². The summed E-state index contributed by atoms with van der Waals surface area (Å²) >= 11 is 5.02. The number of fused-ring (bicyclic) bond motifs is 1. The molecule has 1 aliphatic rings. The summed E-state index contributed by atoms with van der Waals surface area (Å²) in [7, 11) is 0. The number of rotatable bonds is 3. The Morgan fingerprint density at radius 2 is 2.09 bits per heavy atom. The smallest absolute Gasteiger partial charge is 0.164 e. The van der Waals surface area contributed by atoms with Gasteiger partial charge in [-0.3, -0.25) is 0 Å². The Hall–Kier alpha value is -1.85. The van der Waals surface area contributed by atoms with Gasteiger partial charge in [0, 0.05) is 18.3 Å². The average Bonchev–Trinajstić information content (AvgIpc) is 3.00. The topological polar surface area (TPSA) is 158 Å². The molecule has 2 aromatic heterocycles. The predicted molar refractivity (Wildman–Crippen MR) is 82.8 cm³/mol. The molecule has 22 heavy (non-hydrogen) atoms. The van der Waals surface area contributed by atoms with Crippen LogP contribution in [0.3, 0.4) is 0 Å². The third-order valence-corrected chi connectivity index (χ3v) is 3.97. The fourth-order valence-electron chi connectivity index (χ4n) is 2.64. The van der Waals surface area contributed by atoms with Gasteiger partial charge in [0.1, 0.15) is 41.1 Å². The lowest BCUT2D eigenvalue weighted by Crippen LogP contribution is -2.35. The molecule has 1 saturated heterocycles. The van der Waals surface area contributed by atoms with Crippen molar-refractivity contribution in [1.29, 1.82) is 0 Å². The summed E-state index contributed by atoms with van der Waals surface area (Å²) in [5.41, 5.74) is 18.0. The van der Waals surface area contributed by atoms with Crippen LogP contribution in [0.15, 0.2) is 12.5 Å². The Morgan fingerprint density at radius 3 is 2.68 bits per heavy atom. The van der Waals surface area contributed by atoms with Crippen molar-refractivity contribution in [2.75, 3.05) is 12.3 Å². The molecule has 1 fully saturated rings. The average molecular weight is 324 g/mol. The van der Waals surface area contributed by atoms with Gasteiger partial charge in [0.05, 0.1) is 5.39 Å². The zero-order valence-electron chi connectivity index (χ0n) is 11.5. The van der Waals surface area contributed by atoms with E-state index in [1.54, 1.807) is 6.20 Å². The second kappa shape index (κ2) is 5.41. The molecule has 0 unspecified atom stereocenters. The predicted octanol–water partition coefficient (Wildman–Crippen LogP) is -1.77. The number of aliphatic hydroxyl groups is 2. The summed E-state index contributed by atoms with van der Waals surface area (Å²) in [5.74, 6) is 0.218. The van der Waals surface area contributed by atoms with Crippen LogP contribution in [0.4, 0.5) is 5.82 Å². The number of thiocarbonyl (C=S) groups is 1. The van der Waals surface area contributed by atoms with Gasteiger partial charge in [0.15, 0.2) is 6.23 Å². The van der Waals surface area contributed by atoms with Gasteiger partial charge in [0.2, 0.25) is 0 Å². The SMILES string of the molecule is NC[C@H]1O[C@@H](n2cc(C(N)=S)c3c(N)ncnc32)[C@H](O)[C@@H]1O. The normalized spacial score (nSPS) is 28.3. The number of nitrogens with zero attached hydrogens (tertiary/aromatic N) is 3. The maximum absolute atomic E-state index is 10.2. The van der Waals surface area contributed by atoms with Crippen molar-refractivity contribution in [2.45, 2.75) is 24.5 Å². The molecule has 2 aromatic rings. The van der Waals surface area contributed by atoms with Crippen molar-refractivity contribution in [3.63, 3.8) is 0 Å². The quantitative estimate of drug-likeness (QED) is 0.412. The molecule has 0 aliphatic carbocycles. The highest BCUT2D eigenvalue weighted by Gasteiger charge is 2.43. The summed E-state index contributed by atoms with van der Waals surface area (Å²) in [6, 6.07) is 0. The fraction of sp³-hybridized carbons (Fsp3) is 0.417. The van der Waals surface area contributed by atoms with E-state index in [0.29, 0.717) is 16.6 Å². The molecule has 3 rings (SSSR count). The second-order valence-electron chi connectivity index (χ2n) is 5.05. The molecule has 0 amide bonds. The maximum atomic E-state index is 10.2. The molecule has 4 atom stereocenters. The largest absolute Gasteiger partial charge is 0.389 e. The van der Waals surface area contributed by atoms with Gasteiger partial charge in [-0.15, -0.1) is 0 Å². The second-order valence-corrected chi connectivity index (χ2v) is 5.49. The van der Waals surface area contributed by atoms with Crippen LogP contribution in [0.2, 0.25) is 0 Å². The Balaban J connectivity index is 2.16. The maximum Gasteiger partial charge on any atom is 0.164 e. The zero-order valence-corrected chi connectivity index (χ0v) is 12.3. The molecule has 0 bridgehead atoms. The molecule has 8 N–H and O–H groups in total. The van der Waals surface area contributed by atoms with Crippen LogP contribution < -0.4 is 17.2 Å². The first-order valence-electron chi connectivity index (χ1n) is 6.58. The van der Waals surface area contributed by atoms with E-state index in [-0.39, 0.29) is 17.4 Å². The molecule has 1 aliphatic heterocycles. The summed E-state index contributed by atoms with van der Waals surface area (Å²) in [6.45, 7) is 0.0766. The van der Waals surface area contributed by atoms with Gasteiger partial charge >= 0.3 is 0 Å². The van der Waals surface area contributed by atoms with Gasteiger partial charge in [-0.1, -0.05) is 12.2 Å². The Kier molecular flexibility index (Phi) is 3.70. The van der Waals surface area contributed by atoms with E-state index in [0.717, 1.165) is 0 Å². The minimum atomic E-state index is -1.17. The van der Waals surface area contributed by atoms with Crippen molar-refractivity contribution in [1.82, 2.24) is 14.5 Å². The van der Waals surface area contributed by atoms with Crippen molar-refractivity contribution in [2.24, 2.45) is 11.5 Å². The van der Waals surface area contributed by atoms with Gasteiger partial charge in [-0.2, -0.15) is 0 Å². The van der Waals surface area contributed by atoms with Crippen molar-refractivity contribution in [3.8, 4) is 0 Å².